The van der Waals surface area contributed by atoms with Crippen molar-refractivity contribution in [3.05, 3.63) is 48.0 Å². The zero-order chi connectivity index (χ0) is 30.3. The Morgan fingerprint density at radius 3 is 2.60 bits per heavy atom. The molecule has 2 N–H and O–H groups in total. The number of halogens is 4. The van der Waals surface area contributed by atoms with Crippen LogP contribution < -0.4 is 15.4 Å². The van der Waals surface area contributed by atoms with Gasteiger partial charge in [0.2, 0.25) is 0 Å². The monoisotopic (exact) mass is 615 g/mol. The number of hydrogen-bond donors (Lipinski definition) is 2. The normalized spacial score (nSPS) is 15.1. The number of alkyl halides is 3. The van der Waals surface area contributed by atoms with Crippen molar-refractivity contribution in [2.45, 2.75) is 19.3 Å². The van der Waals surface area contributed by atoms with Crippen LogP contribution in [0.1, 0.15) is 12.0 Å². The largest absolute Gasteiger partial charge is 0.453 e. The average Bonchev–Trinajstić information content (AvgIpc) is 3.31. The lowest BCUT2D eigenvalue weighted by Crippen LogP contribution is -2.38. The molecule has 0 bridgehead atoms. The Bertz CT molecular complexity index is 1360. The highest BCUT2D eigenvalue weighted by Crippen LogP contribution is 2.41. The molecule has 42 heavy (non-hydrogen) atoms. The van der Waals surface area contributed by atoms with E-state index >= 15 is 0 Å². The number of ether oxygens (including phenoxy) is 3. The number of pyridine rings is 1. The van der Waals surface area contributed by atoms with Crippen LogP contribution in [0.5, 0.6) is 11.5 Å². The third-order valence-electron chi connectivity index (χ3n) is 6.54. The van der Waals surface area contributed by atoms with Gasteiger partial charge in [-0.3, -0.25) is 4.90 Å². The Hall–Kier alpha value is -3.07. The summed E-state index contributed by atoms with van der Waals surface area (Å²) in [6, 6.07) is 4.45. The molecule has 3 aromatic rings. The summed E-state index contributed by atoms with van der Waals surface area (Å²) in [5.74, 6) is -0.556. The van der Waals surface area contributed by atoms with Gasteiger partial charge in [0.1, 0.15) is 18.1 Å². The lowest BCUT2D eigenvalue weighted by molar-refractivity contribution is -0.136. The Balaban J connectivity index is 1.41. The molecule has 1 aliphatic rings. The van der Waals surface area contributed by atoms with Crippen LogP contribution in [0.15, 0.2) is 36.7 Å². The molecule has 14 heteroatoms. The van der Waals surface area contributed by atoms with Crippen molar-refractivity contribution in [1.82, 2.24) is 19.8 Å². The second kappa shape index (κ2) is 13.9. The van der Waals surface area contributed by atoms with E-state index in [0.29, 0.717) is 26.4 Å². The smallest absolute Gasteiger partial charge is 0.418 e. The third kappa shape index (κ3) is 8.96. The van der Waals surface area contributed by atoms with Gasteiger partial charge in [0.05, 0.1) is 30.8 Å². The molecule has 3 heterocycles. The predicted octanol–water partition coefficient (Wildman–Crippen LogP) is 5.50. The van der Waals surface area contributed by atoms with Gasteiger partial charge in [-0.1, -0.05) is 0 Å². The molecule has 1 saturated heterocycles. The van der Waals surface area contributed by atoms with E-state index in [4.69, 9.17) is 14.2 Å². The van der Waals surface area contributed by atoms with Crippen LogP contribution in [0, 0.1) is 5.82 Å². The number of amides is 2. The van der Waals surface area contributed by atoms with Crippen LogP contribution in [0.25, 0.3) is 11.0 Å². The standard InChI is InChI=1S/C28H37F4N5O4S/c1-42(2,3)16-15-40-19-37-18-21(28(30,31)32)25-24(7-9-33-26(25)37)41-23-6-5-20(17-22(23)29)35-27(38)34-8-4-10-36-11-13-39-14-12-36/h5-7,9,17-18H,4,8,10-16,19H2,1-3H3,(H2,34,35,38). The quantitative estimate of drug-likeness (QED) is 0.207. The van der Waals surface area contributed by atoms with E-state index in [0.717, 1.165) is 44.1 Å². The van der Waals surface area contributed by atoms with E-state index < -0.39 is 33.6 Å². The number of fused-ring (bicyclic) bond motifs is 1. The molecular formula is C28H37F4N5O4S. The first-order chi connectivity index (χ1) is 19.9. The molecule has 9 nitrogen and oxygen atoms in total. The molecule has 0 radical (unpaired) electrons. The third-order valence-corrected chi connectivity index (χ3v) is 7.94. The minimum absolute atomic E-state index is 0.00640. The van der Waals surface area contributed by atoms with E-state index in [1.54, 1.807) is 0 Å². The molecule has 0 unspecified atom stereocenters. The average molecular weight is 616 g/mol. The molecule has 0 saturated carbocycles. The second-order valence-electron chi connectivity index (χ2n) is 10.8. The molecule has 4 rings (SSSR count). The number of benzene rings is 1. The van der Waals surface area contributed by atoms with Gasteiger partial charge in [0, 0.05) is 49.5 Å². The van der Waals surface area contributed by atoms with Gasteiger partial charge >= 0.3 is 12.2 Å². The number of nitrogens with one attached hydrogen (secondary N) is 2. The minimum Gasteiger partial charge on any atom is -0.453 e. The van der Waals surface area contributed by atoms with E-state index in [9.17, 15) is 22.4 Å². The van der Waals surface area contributed by atoms with Gasteiger partial charge in [-0.25, -0.2) is 24.2 Å². The summed E-state index contributed by atoms with van der Waals surface area (Å²) in [6.07, 6.45) is 4.64. The van der Waals surface area contributed by atoms with Crippen molar-refractivity contribution in [3.8, 4) is 11.5 Å². The van der Waals surface area contributed by atoms with Gasteiger partial charge in [-0.2, -0.15) is 13.2 Å². The number of rotatable bonds is 12. The molecular weight excluding hydrogens is 578 g/mol. The fraction of sp³-hybridized carbons (Fsp3) is 0.500. The fourth-order valence-electron chi connectivity index (χ4n) is 4.34. The summed E-state index contributed by atoms with van der Waals surface area (Å²) >= 11 is 0. The van der Waals surface area contributed by atoms with E-state index in [2.05, 4.69) is 39.3 Å². The van der Waals surface area contributed by atoms with Gasteiger partial charge in [0.25, 0.3) is 0 Å². The molecule has 1 aliphatic heterocycles. The molecule has 2 amide bonds. The first-order valence-corrected chi connectivity index (χ1v) is 16.5. The number of anilines is 1. The number of carbonyl (C=O) groups is 1. The highest BCUT2D eigenvalue weighted by Gasteiger charge is 2.36. The van der Waals surface area contributed by atoms with Gasteiger partial charge in [0.15, 0.2) is 11.6 Å². The van der Waals surface area contributed by atoms with Crippen molar-refractivity contribution >= 4 is 32.8 Å². The molecule has 0 atom stereocenters. The number of nitrogens with zero attached hydrogens (tertiary/aromatic N) is 3. The lowest BCUT2D eigenvalue weighted by atomic mass is 10.2. The van der Waals surface area contributed by atoms with Crippen molar-refractivity contribution in [1.29, 1.82) is 0 Å². The molecule has 0 aliphatic carbocycles. The molecule has 2 aromatic heterocycles. The van der Waals surface area contributed by atoms with Crippen molar-refractivity contribution in [2.75, 3.05) is 75.8 Å². The Kier molecular flexibility index (Phi) is 10.6. The maximum Gasteiger partial charge on any atom is 0.418 e. The Morgan fingerprint density at radius 1 is 1.14 bits per heavy atom. The van der Waals surface area contributed by atoms with Gasteiger partial charge in [-0.05, 0) is 49.9 Å². The lowest BCUT2D eigenvalue weighted by Gasteiger charge is -2.26. The highest BCUT2D eigenvalue weighted by atomic mass is 32.3. The van der Waals surface area contributed by atoms with Crippen LogP contribution >= 0.6 is 10.0 Å². The number of carbonyl (C=O) groups excluding carboxylic acids is 1. The van der Waals surface area contributed by atoms with E-state index in [1.165, 1.54) is 29.0 Å². The second-order valence-corrected chi connectivity index (χ2v) is 15.4. The first-order valence-electron chi connectivity index (χ1n) is 13.5. The number of aromatic nitrogens is 2. The summed E-state index contributed by atoms with van der Waals surface area (Å²) in [6.45, 7) is 4.67. The molecule has 1 aromatic carbocycles. The van der Waals surface area contributed by atoms with E-state index in [1.807, 2.05) is 0 Å². The van der Waals surface area contributed by atoms with Crippen molar-refractivity contribution in [2.24, 2.45) is 0 Å². The van der Waals surface area contributed by atoms with Crippen molar-refractivity contribution in [3.63, 3.8) is 0 Å². The molecule has 1 fully saturated rings. The zero-order valence-corrected chi connectivity index (χ0v) is 24.7. The number of urea groups is 1. The van der Waals surface area contributed by atoms with Crippen molar-refractivity contribution < 1.29 is 36.6 Å². The van der Waals surface area contributed by atoms with Gasteiger partial charge in [-0.15, -0.1) is 0 Å². The maximum atomic E-state index is 15.0. The highest BCUT2D eigenvalue weighted by molar-refractivity contribution is 8.32. The molecule has 232 valence electrons. The topological polar surface area (TPSA) is 89.9 Å². The SMILES string of the molecule is CS(C)(C)CCOCn1cc(C(F)(F)F)c2c(Oc3ccc(NC(=O)NCCCN4CCOCC4)cc3F)ccnc21. The number of morpholine rings is 1. The Morgan fingerprint density at radius 2 is 1.90 bits per heavy atom. The first kappa shape index (κ1) is 31.9. The predicted molar refractivity (Wildman–Crippen MR) is 156 cm³/mol. The van der Waals surface area contributed by atoms with Crippen LogP contribution in [0.3, 0.4) is 0 Å². The summed E-state index contributed by atoms with van der Waals surface area (Å²) in [5, 5.41) is 4.98. The summed E-state index contributed by atoms with van der Waals surface area (Å²) in [5.41, 5.74) is -0.789. The summed E-state index contributed by atoms with van der Waals surface area (Å²) in [4.78, 5) is 18.6. The number of hydrogen-bond acceptors (Lipinski definition) is 6. The van der Waals surface area contributed by atoms with Crippen LogP contribution in [-0.4, -0.2) is 91.0 Å². The van der Waals surface area contributed by atoms with Crippen LogP contribution in [0.2, 0.25) is 0 Å². The van der Waals surface area contributed by atoms with Crippen LogP contribution in [0.4, 0.5) is 28.0 Å². The maximum absolute atomic E-state index is 15.0. The fourth-order valence-corrected chi connectivity index (χ4v) is 4.96. The molecule has 0 spiro atoms. The Labute approximate surface area is 243 Å². The van der Waals surface area contributed by atoms with Crippen LogP contribution in [-0.2, 0) is 22.4 Å². The summed E-state index contributed by atoms with van der Waals surface area (Å²) in [7, 11) is -0.821. The van der Waals surface area contributed by atoms with E-state index in [-0.39, 0.29) is 35.0 Å². The minimum atomic E-state index is -4.71. The van der Waals surface area contributed by atoms with Gasteiger partial charge < -0.3 is 29.4 Å². The zero-order valence-electron chi connectivity index (χ0n) is 23.9. The summed E-state index contributed by atoms with van der Waals surface area (Å²) < 4.78 is 74.8.